The van der Waals surface area contributed by atoms with E-state index in [1.54, 1.807) is 0 Å². The van der Waals surface area contributed by atoms with E-state index in [0.29, 0.717) is 0 Å². The largest absolute Gasteiger partial charge is 0.389 e. The van der Waals surface area contributed by atoms with Crippen LogP contribution in [0.2, 0.25) is 0 Å². The minimum atomic E-state index is -0.502. The highest BCUT2D eigenvalue weighted by Crippen LogP contribution is 2.26. The number of nitrogens with zero attached hydrogens (tertiary/aromatic N) is 1. The molecule has 1 aromatic rings. The van der Waals surface area contributed by atoms with Gasteiger partial charge >= 0.3 is 0 Å². The molecule has 1 aromatic carbocycles. The molecule has 0 radical (unpaired) electrons. The fraction of sp³-hybridized carbons (Fsp3) is 0.625. The molecule has 0 spiro atoms. The molecule has 1 N–H and O–H groups in total. The summed E-state index contributed by atoms with van der Waals surface area (Å²) >= 11 is 0. The van der Waals surface area contributed by atoms with E-state index >= 15 is 0 Å². The maximum absolute atomic E-state index is 10.8. The lowest BCUT2D eigenvalue weighted by Crippen LogP contribution is -2.33. The lowest BCUT2D eigenvalue weighted by Gasteiger charge is -2.27. The number of aliphatic hydroxyl groups is 1. The van der Waals surface area contributed by atoms with Crippen LogP contribution in [0, 0.1) is 6.92 Å². The van der Waals surface area contributed by atoms with Gasteiger partial charge in [0.25, 0.3) is 0 Å². The van der Waals surface area contributed by atoms with Crippen molar-refractivity contribution in [3.8, 4) is 0 Å². The quantitative estimate of drug-likeness (QED) is 0.888. The van der Waals surface area contributed by atoms with E-state index in [1.165, 1.54) is 11.1 Å². The molecule has 1 fully saturated rings. The Morgan fingerprint density at radius 3 is 2.83 bits per heavy atom. The SMILES string of the molecule is CCN1CCCC(O)(Cc2cccc(C)c2)CC1. The van der Waals surface area contributed by atoms with Crippen LogP contribution < -0.4 is 0 Å². The first-order chi connectivity index (χ1) is 8.61. The molecular formula is C16H25NO. The second kappa shape index (κ2) is 5.85. The minimum absolute atomic E-state index is 0.502. The zero-order valence-electron chi connectivity index (χ0n) is 11.7. The molecule has 1 aliphatic heterocycles. The van der Waals surface area contributed by atoms with Crippen LogP contribution in [0.15, 0.2) is 24.3 Å². The molecule has 0 saturated carbocycles. The molecule has 2 nitrogen and oxygen atoms in total. The van der Waals surface area contributed by atoms with Crippen LogP contribution >= 0.6 is 0 Å². The van der Waals surface area contributed by atoms with E-state index in [-0.39, 0.29) is 0 Å². The molecule has 2 heteroatoms. The van der Waals surface area contributed by atoms with Gasteiger partial charge in [-0.25, -0.2) is 0 Å². The summed E-state index contributed by atoms with van der Waals surface area (Å²) in [5.41, 5.74) is 2.04. The Labute approximate surface area is 111 Å². The Morgan fingerprint density at radius 1 is 1.28 bits per heavy atom. The summed E-state index contributed by atoms with van der Waals surface area (Å²) in [6.07, 6.45) is 3.73. The zero-order chi connectivity index (χ0) is 13.0. The summed E-state index contributed by atoms with van der Waals surface area (Å²) in [5, 5.41) is 10.8. The third-order valence-corrected chi connectivity index (χ3v) is 4.07. The number of hydrogen-bond donors (Lipinski definition) is 1. The highest BCUT2D eigenvalue weighted by atomic mass is 16.3. The van der Waals surface area contributed by atoms with Gasteiger partial charge in [0.15, 0.2) is 0 Å². The van der Waals surface area contributed by atoms with Crippen molar-refractivity contribution >= 4 is 0 Å². The molecule has 18 heavy (non-hydrogen) atoms. The topological polar surface area (TPSA) is 23.5 Å². The summed E-state index contributed by atoms with van der Waals surface area (Å²) in [6.45, 7) is 7.57. The predicted molar refractivity (Wildman–Crippen MR) is 75.8 cm³/mol. The van der Waals surface area contributed by atoms with Gasteiger partial charge in [-0.15, -0.1) is 0 Å². The van der Waals surface area contributed by atoms with Gasteiger partial charge in [-0.3, -0.25) is 0 Å². The molecular weight excluding hydrogens is 222 g/mol. The van der Waals surface area contributed by atoms with Gasteiger partial charge in [-0.05, 0) is 44.8 Å². The second-order valence-corrected chi connectivity index (χ2v) is 5.68. The lowest BCUT2D eigenvalue weighted by molar-refractivity contribution is 0.0258. The van der Waals surface area contributed by atoms with Crippen LogP contribution in [0.3, 0.4) is 0 Å². The maximum atomic E-state index is 10.8. The molecule has 0 bridgehead atoms. The van der Waals surface area contributed by atoms with E-state index in [2.05, 4.69) is 43.0 Å². The van der Waals surface area contributed by atoms with E-state index < -0.39 is 5.60 Å². The molecule has 2 rings (SSSR count). The normalized spacial score (nSPS) is 25.9. The Bertz CT molecular complexity index is 390. The Hall–Kier alpha value is -0.860. The van der Waals surface area contributed by atoms with Gasteiger partial charge in [-0.1, -0.05) is 36.8 Å². The first-order valence-electron chi connectivity index (χ1n) is 7.11. The van der Waals surface area contributed by atoms with Crippen molar-refractivity contribution in [1.29, 1.82) is 0 Å². The maximum Gasteiger partial charge on any atom is 0.0700 e. The van der Waals surface area contributed by atoms with Gasteiger partial charge in [0, 0.05) is 13.0 Å². The molecule has 1 unspecified atom stereocenters. The van der Waals surface area contributed by atoms with E-state index in [9.17, 15) is 5.11 Å². The number of benzene rings is 1. The molecule has 0 amide bonds. The van der Waals surface area contributed by atoms with Crippen LogP contribution in [0.5, 0.6) is 0 Å². The van der Waals surface area contributed by atoms with Gasteiger partial charge in [0.05, 0.1) is 5.60 Å². The van der Waals surface area contributed by atoms with Gasteiger partial charge in [-0.2, -0.15) is 0 Å². The standard InChI is InChI=1S/C16H25NO/c1-3-17-10-5-8-16(18,9-11-17)13-15-7-4-6-14(2)12-15/h4,6-7,12,18H,3,5,8-11,13H2,1-2H3. The molecule has 1 aliphatic rings. The molecule has 1 heterocycles. The summed E-state index contributed by atoms with van der Waals surface area (Å²) in [4.78, 5) is 2.44. The van der Waals surface area contributed by atoms with E-state index in [1.807, 2.05) is 0 Å². The van der Waals surface area contributed by atoms with Crippen molar-refractivity contribution in [2.75, 3.05) is 19.6 Å². The van der Waals surface area contributed by atoms with Crippen LogP contribution in [-0.4, -0.2) is 35.2 Å². The Balaban J connectivity index is 2.02. The monoisotopic (exact) mass is 247 g/mol. The molecule has 0 aliphatic carbocycles. The second-order valence-electron chi connectivity index (χ2n) is 5.68. The number of rotatable bonds is 3. The zero-order valence-corrected chi connectivity index (χ0v) is 11.7. The van der Waals surface area contributed by atoms with Crippen molar-refractivity contribution in [2.24, 2.45) is 0 Å². The summed E-state index contributed by atoms with van der Waals surface area (Å²) in [6, 6.07) is 8.52. The number of likely N-dealkylation sites (tertiary alicyclic amines) is 1. The fourth-order valence-electron chi connectivity index (χ4n) is 2.93. The van der Waals surface area contributed by atoms with Crippen LogP contribution in [-0.2, 0) is 6.42 Å². The molecule has 100 valence electrons. The van der Waals surface area contributed by atoms with Crippen LogP contribution in [0.4, 0.5) is 0 Å². The van der Waals surface area contributed by atoms with Crippen molar-refractivity contribution in [3.63, 3.8) is 0 Å². The third kappa shape index (κ3) is 3.56. The summed E-state index contributed by atoms with van der Waals surface area (Å²) < 4.78 is 0. The minimum Gasteiger partial charge on any atom is -0.389 e. The predicted octanol–water partition coefficient (Wildman–Crippen LogP) is 2.77. The average Bonchev–Trinajstić information content (AvgIpc) is 2.51. The van der Waals surface area contributed by atoms with Crippen molar-refractivity contribution in [2.45, 2.75) is 45.1 Å². The van der Waals surface area contributed by atoms with Crippen molar-refractivity contribution in [1.82, 2.24) is 4.90 Å². The Kier molecular flexibility index (Phi) is 4.41. The lowest BCUT2D eigenvalue weighted by atomic mass is 9.87. The first-order valence-corrected chi connectivity index (χ1v) is 7.11. The van der Waals surface area contributed by atoms with Crippen LogP contribution in [0.1, 0.15) is 37.3 Å². The van der Waals surface area contributed by atoms with Gasteiger partial charge in [0.2, 0.25) is 0 Å². The number of hydrogen-bond acceptors (Lipinski definition) is 2. The average molecular weight is 247 g/mol. The fourth-order valence-corrected chi connectivity index (χ4v) is 2.93. The van der Waals surface area contributed by atoms with E-state index in [4.69, 9.17) is 0 Å². The van der Waals surface area contributed by atoms with Gasteiger partial charge < -0.3 is 10.0 Å². The highest BCUT2D eigenvalue weighted by Gasteiger charge is 2.29. The first kappa shape index (κ1) is 13.6. The molecule has 0 aromatic heterocycles. The van der Waals surface area contributed by atoms with Crippen molar-refractivity contribution < 1.29 is 5.11 Å². The highest BCUT2D eigenvalue weighted by molar-refractivity contribution is 5.23. The summed E-state index contributed by atoms with van der Waals surface area (Å²) in [5.74, 6) is 0. The Morgan fingerprint density at radius 2 is 2.11 bits per heavy atom. The third-order valence-electron chi connectivity index (χ3n) is 4.07. The van der Waals surface area contributed by atoms with Gasteiger partial charge in [0.1, 0.15) is 0 Å². The molecule has 1 atom stereocenters. The smallest absolute Gasteiger partial charge is 0.0700 e. The van der Waals surface area contributed by atoms with E-state index in [0.717, 1.165) is 45.3 Å². The molecule has 1 saturated heterocycles. The number of aryl methyl sites for hydroxylation is 1. The van der Waals surface area contributed by atoms with Crippen molar-refractivity contribution in [3.05, 3.63) is 35.4 Å². The van der Waals surface area contributed by atoms with Crippen LogP contribution in [0.25, 0.3) is 0 Å². The summed E-state index contributed by atoms with van der Waals surface area (Å²) in [7, 11) is 0.